The molecule has 1 aliphatic rings. The fourth-order valence-electron chi connectivity index (χ4n) is 1.47. The molecule has 2 atom stereocenters. The van der Waals surface area contributed by atoms with E-state index in [1.165, 1.54) is 4.42 Å². The lowest BCUT2D eigenvalue weighted by atomic mass is 10.0. The lowest BCUT2D eigenvalue weighted by Crippen LogP contribution is -2.26. The van der Waals surface area contributed by atoms with Crippen LogP contribution in [0, 0.1) is 5.92 Å². The molecule has 0 bridgehead atoms. The number of rotatable bonds is 2. The smallest absolute Gasteiger partial charge is 0.237 e. The van der Waals surface area contributed by atoms with Crippen LogP contribution in [-0.4, -0.2) is 22.2 Å². The molecule has 0 N–H and O–H groups in total. The zero-order chi connectivity index (χ0) is 8.43. The molecular formula is C7H11Cl2NO. The van der Waals surface area contributed by atoms with E-state index in [-0.39, 0.29) is 17.9 Å². The molecule has 1 amide bonds. The number of alkyl halides is 1. The van der Waals surface area contributed by atoms with Gasteiger partial charge in [0.05, 0.1) is 6.04 Å². The van der Waals surface area contributed by atoms with Crippen LogP contribution in [0.3, 0.4) is 0 Å². The summed E-state index contributed by atoms with van der Waals surface area (Å²) in [5.41, 5.74) is 0. The third kappa shape index (κ3) is 1.62. The van der Waals surface area contributed by atoms with Gasteiger partial charge in [-0.15, -0.1) is 11.6 Å². The highest BCUT2D eigenvalue weighted by molar-refractivity contribution is 6.23. The monoisotopic (exact) mass is 195 g/mol. The highest BCUT2D eigenvalue weighted by atomic mass is 35.5. The van der Waals surface area contributed by atoms with Crippen molar-refractivity contribution in [2.75, 3.05) is 5.88 Å². The Balaban J connectivity index is 2.64. The molecule has 0 saturated carbocycles. The van der Waals surface area contributed by atoms with Gasteiger partial charge in [0.1, 0.15) is 0 Å². The molecule has 11 heavy (non-hydrogen) atoms. The van der Waals surface area contributed by atoms with E-state index in [4.69, 9.17) is 23.4 Å². The topological polar surface area (TPSA) is 20.3 Å². The van der Waals surface area contributed by atoms with Crippen molar-refractivity contribution < 1.29 is 4.79 Å². The van der Waals surface area contributed by atoms with Crippen molar-refractivity contribution in [2.45, 2.75) is 25.8 Å². The zero-order valence-electron chi connectivity index (χ0n) is 6.39. The first-order valence-electron chi connectivity index (χ1n) is 3.74. The molecule has 1 rings (SSSR count). The van der Waals surface area contributed by atoms with Gasteiger partial charge < -0.3 is 0 Å². The van der Waals surface area contributed by atoms with Crippen LogP contribution in [0.25, 0.3) is 0 Å². The van der Waals surface area contributed by atoms with E-state index >= 15 is 0 Å². The second-order valence-corrected chi connectivity index (χ2v) is 3.47. The highest BCUT2D eigenvalue weighted by Gasteiger charge is 2.37. The van der Waals surface area contributed by atoms with E-state index < -0.39 is 0 Å². The van der Waals surface area contributed by atoms with Gasteiger partial charge >= 0.3 is 0 Å². The minimum atomic E-state index is 0.00386. The number of halogens is 2. The summed E-state index contributed by atoms with van der Waals surface area (Å²) in [4.78, 5) is 11.0. The van der Waals surface area contributed by atoms with E-state index in [2.05, 4.69) is 0 Å². The Morgan fingerprint density at radius 2 is 2.36 bits per heavy atom. The molecule has 1 saturated heterocycles. The lowest BCUT2D eigenvalue weighted by Gasteiger charge is -2.18. The Bertz CT molecular complexity index is 163. The van der Waals surface area contributed by atoms with Gasteiger partial charge in [0, 0.05) is 30.0 Å². The standard InChI is InChI=1S/C7H11Cl2NO/c1-2-6-5(4-8)3-7(11)10(6)9/h5-6H,2-4H2,1H3. The maximum absolute atomic E-state index is 11.0. The summed E-state index contributed by atoms with van der Waals surface area (Å²) >= 11 is 11.4. The fraction of sp³-hybridized carbons (Fsp3) is 0.857. The van der Waals surface area contributed by atoms with Gasteiger partial charge in [0.25, 0.3) is 0 Å². The van der Waals surface area contributed by atoms with Gasteiger partial charge in [-0.3, -0.25) is 9.21 Å². The first-order valence-corrected chi connectivity index (χ1v) is 4.61. The molecule has 0 aliphatic carbocycles. The first kappa shape index (κ1) is 9.14. The Kier molecular flexibility index (Phi) is 3.02. The van der Waals surface area contributed by atoms with E-state index in [1.54, 1.807) is 0 Å². The van der Waals surface area contributed by atoms with Crippen LogP contribution in [0.2, 0.25) is 0 Å². The van der Waals surface area contributed by atoms with E-state index in [0.29, 0.717) is 12.3 Å². The Labute approximate surface area is 76.6 Å². The van der Waals surface area contributed by atoms with Crippen LogP contribution in [-0.2, 0) is 4.79 Å². The molecule has 1 aliphatic heterocycles. The molecule has 0 aromatic heterocycles. The number of hydrogen-bond acceptors (Lipinski definition) is 1. The second kappa shape index (κ2) is 3.63. The van der Waals surface area contributed by atoms with Crippen LogP contribution in [0.5, 0.6) is 0 Å². The summed E-state index contributed by atoms with van der Waals surface area (Å²) in [6.45, 7) is 2.01. The summed E-state index contributed by atoms with van der Waals surface area (Å²) in [5, 5.41) is 0. The van der Waals surface area contributed by atoms with Crippen molar-refractivity contribution in [3.63, 3.8) is 0 Å². The Morgan fingerprint density at radius 3 is 2.73 bits per heavy atom. The molecule has 4 heteroatoms. The normalized spacial score (nSPS) is 31.5. The fourth-order valence-corrected chi connectivity index (χ4v) is 2.15. The number of carbonyl (C=O) groups is 1. The highest BCUT2D eigenvalue weighted by Crippen LogP contribution is 2.29. The van der Waals surface area contributed by atoms with Crippen LogP contribution in [0.4, 0.5) is 0 Å². The number of hydrogen-bond donors (Lipinski definition) is 0. The van der Waals surface area contributed by atoms with E-state index in [1.807, 2.05) is 6.92 Å². The summed E-state index contributed by atoms with van der Waals surface area (Å²) in [6.07, 6.45) is 1.39. The third-order valence-corrected chi connectivity index (χ3v) is 2.96. The first-order chi connectivity index (χ1) is 5.20. The number of carbonyl (C=O) groups excluding carboxylic acids is 1. The molecule has 0 radical (unpaired) electrons. The molecular weight excluding hydrogens is 185 g/mol. The maximum atomic E-state index is 11.0. The second-order valence-electron chi connectivity index (χ2n) is 2.80. The molecule has 1 heterocycles. The predicted molar refractivity (Wildman–Crippen MR) is 45.6 cm³/mol. The number of nitrogens with zero attached hydrogens (tertiary/aromatic N) is 1. The van der Waals surface area contributed by atoms with Crippen LogP contribution < -0.4 is 0 Å². The SMILES string of the molecule is CCC1C(CCl)CC(=O)N1Cl. The average molecular weight is 196 g/mol. The average Bonchev–Trinajstić information content (AvgIpc) is 2.28. The molecule has 0 aromatic carbocycles. The van der Waals surface area contributed by atoms with Crippen molar-refractivity contribution in [2.24, 2.45) is 5.92 Å². The van der Waals surface area contributed by atoms with Crippen LogP contribution in [0.1, 0.15) is 19.8 Å². The van der Waals surface area contributed by atoms with Crippen LogP contribution in [0.15, 0.2) is 0 Å². The number of amides is 1. The minimum absolute atomic E-state index is 0.00386. The molecule has 0 spiro atoms. The van der Waals surface area contributed by atoms with E-state index in [9.17, 15) is 4.79 Å². The molecule has 1 fully saturated rings. The third-order valence-electron chi connectivity index (χ3n) is 2.13. The van der Waals surface area contributed by atoms with Gasteiger partial charge in [0.15, 0.2) is 0 Å². The summed E-state index contributed by atoms with van der Waals surface area (Å²) in [6, 6.07) is 0.140. The van der Waals surface area contributed by atoms with Crippen molar-refractivity contribution in [1.29, 1.82) is 0 Å². The summed E-state index contributed by atoms with van der Waals surface area (Å²) in [7, 11) is 0. The largest absolute Gasteiger partial charge is 0.274 e. The van der Waals surface area contributed by atoms with Gasteiger partial charge in [-0.1, -0.05) is 6.92 Å². The quantitative estimate of drug-likeness (QED) is 0.488. The summed E-state index contributed by atoms with van der Waals surface area (Å²) in [5.74, 6) is 0.767. The molecule has 2 nitrogen and oxygen atoms in total. The summed E-state index contributed by atoms with van der Waals surface area (Å²) < 4.78 is 1.30. The van der Waals surface area contributed by atoms with Crippen molar-refractivity contribution >= 4 is 29.3 Å². The van der Waals surface area contributed by atoms with Crippen molar-refractivity contribution in [3.05, 3.63) is 0 Å². The van der Waals surface area contributed by atoms with Crippen molar-refractivity contribution in [3.8, 4) is 0 Å². The Morgan fingerprint density at radius 1 is 1.73 bits per heavy atom. The molecule has 64 valence electrons. The maximum Gasteiger partial charge on any atom is 0.237 e. The lowest BCUT2D eigenvalue weighted by molar-refractivity contribution is -0.124. The minimum Gasteiger partial charge on any atom is -0.274 e. The van der Waals surface area contributed by atoms with Crippen LogP contribution >= 0.6 is 23.4 Å². The van der Waals surface area contributed by atoms with Crippen molar-refractivity contribution in [1.82, 2.24) is 4.42 Å². The predicted octanol–water partition coefficient (Wildman–Crippen LogP) is 2.01. The molecule has 2 unspecified atom stereocenters. The molecule has 0 aromatic rings. The van der Waals surface area contributed by atoms with E-state index in [0.717, 1.165) is 6.42 Å². The Hall–Kier alpha value is 0.0500. The van der Waals surface area contributed by atoms with Gasteiger partial charge in [-0.25, -0.2) is 0 Å². The van der Waals surface area contributed by atoms with Gasteiger partial charge in [-0.2, -0.15) is 0 Å². The van der Waals surface area contributed by atoms with Gasteiger partial charge in [-0.05, 0) is 6.42 Å². The zero-order valence-corrected chi connectivity index (χ0v) is 7.90. The van der Waals surface area contributed by atoms with Gasteiger partial charge in [0.2, 0.25) is 5.91 Å².